The maximum atomic E-state index is 3.60. The highest BCUT2D eigenvalue weighted by Gasteiger charge is 2.11. The lowest BCUT2D eigenvalue weighted by atomic mass is 9.91. The molecule has 1 atom stereocenters. The van der Waals surface area contributed by atoms with Gasteiger partial charge in [0.2, 0.25) is 0 Å². The lowest BCUT2D eigenvalue weighted by molar-refractivity contribution is 0.386. The molecule has 0 saturated heterocycles. The Kier molecular flexibility index (Phi) is 7.15. The van der Waals surface area contributed by atoms with Crippen LogP contribution >= 0.6 is 0 Å². The highest BCUT2D eigenvalue weighted by atomic mass is 14.9. The normalized spacial score (nSPS) is 13.2. The van der Waals surface area contributed by atoms with E-state index in [1.807, 2.05) is 0 Å². The fourth-order valence-electron chi connectivity index (χ4n) is 2.42. The Hall–Kier alpha value is -0.820. The van der Waals surface area contributed by atoms with Crippen LogP contribution in [-0.4, -0.2) is 12.6 Å². The van der Waals surface area contributed by atoms with Gasteiger partial charge in [-0.25, -0.2) is 0 Å². The highest BCUT2D eigenvalue weighted by molar-refractivity contribution is 5.22. The van der Waals surface area contributed by atoms with Crippen molar-refractivity contribution in [3.63, 3.8) is 0 Å². The molecule has 1 nitrogen and oxygen atoms in total. The first-order valence-corrected chi connectivity index (χ1v) is 7.76. The number of benzene rings is 1. The molecule has 1 heteroatoms. The maximum absolute atomic E-state index is 3.60. The van der Waals surface area contributed by atoms with Crippen LogP contribution in [0.5, 0.6) is 0 Å². The summed E-state index contributed by atoms with van der Waals surface area (Å²) < 4.78 is 0. The summed E-state index contributed by atoms with van der Waals surface area (Å²) in [6, 6.07) is 9.54. The minimum atomic E-state index is 0.582. The number of nitrogens with one attached hydrogen (secondary N) is 1. The molecular formula is C18H31N. The van der Waals surface area contributed by atoms with Crippen molar-refractivity contribution in [2.75, 3.05) is 6.54 Å². The van der Waals surface area contributed by atoms with Crippen molar-refractivity contribution in [2.45, 2.75) is 59.9 Å². The summed E-state index contributed by atoms with van der Waals surface area (Å²) in [5.41, 5.74) is 2.86. The Labute approximate surface area is 119 Å². The van der Waals surface area contributed by atoms with Crippen molar-refractivity contribution in [1.82, 2.24) is 5.32 Å². The second-order valence-electron chi connectivity index (χ2n) is 6.59. The third-order valence-electron chi connectivity index (χ3n) is 3.57. The minimum absolute atomic E-state index is 0.582. The van der Waals surface area contributed by atoms with Crippen LogP contribution in [0.25, 0.3) is 0 Å². The summed E-state index contributed by atoms with van der Waals surface area (Å²) in [7, 11) is 0. The summed E-state index contributed by atoms with van der Waals surface area (Å²) in [6.45, 7) is 12.4. The fraction of sp³-hybridized carbons (Fsp3) is 0.667. The van der Waals surface area contributed by atoms with E-state index in [0.29, 0.717) is 6.04 Å². The van der Waals surface area contributed by atoms with Gasteiger partial charge in [-0.1, -0.05) is 63.9 Å². The monoisotopic (exact) mass is 261 g/mol. The summed E-state index contributed by atoms with van der Waals surface area (Å²) in [6.07, 6.45) is 3.86. The molecule has 1 aromatic carbocycles. The van der Waals surface area contributed by atoms with Crippen molar-refractivity contribution < 1.29 is 0 Å². The summed E-state index contributed by atoms with van der Waals surface area (Å²) in [5.74, 6) is 1.56. The van der Waals surface area contributed by atoms with Gasteiger partial charge < -0.3 is 5.32 Å². The number of hydrogen-bond acceptors (Lipinski definition) is 1. The van der Waals surface area contributed by atoms with Crippen LogP contribution in [0.4, 0.5) is 0 Å². The van der Waals surface area contributed by atoms with E-state index >= 15 is 0 Å². The average molecular weight is 261 g/mol. The summed E-state index contributed by atoms with van der Waals surface area (Å²) >= 11 is 0. The zero-order valence-corrected chi connectivity index (χ0v) is 13.4. The first-order valence-electron chi connectivity index (χ1n) is 7.76. The van der Waals surface area contributed by atoms with E-state index in [2.05, 4.69) is 64.2 Å². The molecule has 0 aromatic heterocycles. The van der Waals surface area contributed by atoms with E-state index in [1.165, 1.54) is 30.4 Å². The highest BCUT2D eigenvalue weighted by Crippen LogP contribution is 2.18. The zero-order valence-electron chi connectivity index (χ0n) is 13.4. The molecule has 0 amide bonds. The van der Waals surface area contributed by atoms with Gasteiger partial charge in [0, 0.05) is 6.04 Å². The molecule has 0 aliphatic carbocycles. The van der Waals surface area contributed by atoms with E-state index in [-0.39, 0.29) is 0 Å². The molecule has 19 heavy (non-hydrogen) atoms. The smallest absolute Gasteiger partial charge is 0.00104 e. The lowest BCUT2D eigenvalue weighted by Gasteiger charge is -2.20. The zero-order chi connectivity index (χ0) is 14.3. The third-order valence-corrected chi connectivity index (χ3v) is 3.57. The van der Waals surface area contributed by atoms with Crippen molar-refractivity contribution in [3.8, 4) is 0 Å². The van der Waals surface area contributed by atoms with Crippen LogP contribution in [0.15, 0.2) is 24.3 Å². The van der Waals surface area contributed by atoms with Gasteiger partial charge >= 0.3 is 0 Å². The predicted octanol–water partition coefficient (Wildman–Crippen LogP) is 4.59. The molecule has 0 aliphatic rings. The molecule has 1 unspecified atom stereocenters. The van der Waals surface area contributed by atoms with Crippen LogP contribution in [0, 0.1) is 18.8 Å². The number of hydrogen-bond donors (Lipinski definition) is 1. The second-order valence-corrected chi connectivity index (χ2v) is 6.59. The lowest BCUT2D eigenvalue weighted by Crippen LogP contribution is -2.30. The molecule has 0 bridgehead atoms. The molecule has 1 aromatic rings. The molecule has 1 rings (SSSR count). The topological polar surface area (TPSA) is 12.0 Å². The SMILES string of the molecule is Cc1cccc(CC(CCC(C)C)CNC(C)C)c1. The number of rotatable bonds is 8. The first-order chi connectivity index (χ1) is 8.97. The van der Waals surface area contributed by atoms with Crippen LogP contribution in [0.3, 0.4) is 0 Å². The Morgan fingerprint density at radius 1 is 1.05 bits per heavy atom. The second kappa shape index (κ2) is 8.37. The average Bonchev–Trinajstić information content (AvgIpc) is 2.32. The van der Waals surface area contributed by atoms with Crippen LogP contribution < -0.4 is 5.32 Å². The molecule has 1 N–H and O–H groups in total. The molecular weight excluding hydrogens is 230 g/mol. The van der Waals surface area contributed by atoms with E-state index in [4.69, 9.17) is 0 Å². The molecule has 0 saturated carbocycles. The van der Waals surface area contributed by atoms with Crippen molar-refractivity contribution in [1.29, 1.82) is 0 Å². The molecule has 108 valence electrons. The van der Waals surface area contributed by atoms with Gasteiger partial charge in [-0.05, 0) is 43.7 Å². The van der Waals surface area contributed by atoms with Gasteiger partial charge in [0.25, 0.3) is 0 Å². The largest absolute Gasteiger partial charge is 0.314 e. The van der Waals surface area contributed by atoms with Gasteiger partial charge in [0.15, 0.2) is 0 Å². The minimum Gasteiger partial charge on any atom is -0.314 e. The quantitative estimate of drug-likeness (QED) is 0.722. The van der Waals surface area contributed by atoms with E-state index in [9.17, 15) is 0 Å². The van der Waals surface area contributed by atoms with Crippen LogP contribution in [0.2, 0.25) is 0 Å². The van der Waals surface area contributed by atoms with E-state index < -0.39 is 0 Å². The van der Waals surface area contributed by atoms with Crippen LogP contribution in [-0.2, 0) is 6.42 Å². The van der Waals surface area contributed by atoms with Crippen LogP contribution in [0.1, 0.15) is 51.7 Å². The maximum Gasteiger partial charge on any atom is 0.00104 e. The molecule has 0 fully saturated rings. The van der Waals surface area contributed by atoms with Crippen molar-refractivity contribution in [3.05, 3.63) is 35.4 Å². The predicted molar refractivity (Wildman–Crippen MR) is 85.6 cm³/mol. The summed E-state index contributed by atoms with van der Waals surface area (Å²) in [4.78, 5) is 0. The molecule has 0 aliphatic heterocycles. The Morgan fingerprint density at radius 3 is 2.37 bits per heavy atom. The number of aryl methyl sites for hydroxylation is 1. The first kappa shape index (κ1) is 16.2. The Morgan fingerprint density at radius 2 is 1.79 bits per heavy atom. The molecule has 0 spiro atoms. The molecule has 0 heterocycles. The van der Waals surface area contributed by atoms with Crippen molar-refractivity contribution in [2.24, 2.45) is 11.8 Å². The Balaban J connectivity index is 2.56. The summed E-state index contributed by atoms with van der Waals surface area (Å²) in [5, 5.41) is 3.60. The third kappa shape index (κ3) is 7.37. The van der Waals surface area contributed by atoms with Gasteiger partial charge in [0.1, 0.15) is 0 Å². The Bertz CT molecular complexity index is 342. The van der Waals surface area contributed by atoms with Gasteiger partial charge in [-0.15, -0.1) is 0 Å². The fourth-order valence-corrected chi connectivity index (χ4v) is 2.42. The van der Waals surface area contributed by atoms with Gasteiger partial charge in [0.05, 0.1) is 0 Å². The van der Waals surface area contributed by atoms with E-state index in [0.717, 1.165) is 18.4 Å². The van der Waals surface area contributed by atoms with Gasteiger partial charge in [-0.2, -0.15) is 0 Å². The van der Waals surface area contributed by atoms with Crippen molar-refractivity contribution >= 4 is 0 Å². The standard InChI is InChI=1S/C18H31N/c1-14(2)9-10-18(13-19-15(3)4)12-17-8-6-7-16(5)11-17/h6-8,11,14-15,18-19H,9-10,12-13H2,1-5H3. The van der Waals surface area contributed by atoms with E-state index in [1.54, 1.807) is 0 Å². The van der Waals surface area contributed by atoms with Gasteiger partial charge in [-0.3, -0.25) is 0 Å². The molecule has 0 radical (unpaired) electrons.